The third-order valence-electron chi connectivity index (χ3n) is 5.21. The van der Waals surface area contributed by atoms with Gasteiger partial charge >= 0.3 is 0 Å². The summed E-state index contributed by atoms with van der Waals surface area (Å²) in [4.78, 5) is 11.4. The van der Waals surface area contributed by atoms with Crippen LogP contribution in [0.1, 0.15) is 30.7 Å². The summed E-state index contributed by atoms with van der Waals surface area (Å²) in [6.45, 7) is 1.90. The van der Waals surface area contributed by atoms with E-state index >= 15 is 0 Å². The van der Waals surface area contributed by atoms with E-state index in [-0.39, 0.29) is 6.10 Å². The Kier molecular flexibility index (Phi) is 5.97. The molecule has 0 spiro atoms. The van der Waals surface area contributed by atoms with Crippen molar-refractivity contribution in [3.05, 3.63) is 60.0 Å². The van der Waals surface area contributed by atoms with Crippen molar-refractivity contribution in [2.45, 2.75) is 38.2 Å². The molecule has 1 unspecified atom stereocenters. The monoisotopic (exact) mass is 378 g/mol. The number of hydrogen-bond acceptors (Lipinski definition) is 6. The molecule has 28 heavy (non-hydrogen) atoms. The van der Waals surface area contributed by atoms with Crippen LogP contribution in [0.2, 0.25) is 0 Å². The molecule has 1 atom stereocenters. The molecule has 0 aliphatic carbocycles. The second kappa shape index (κ2) is 8.97. The SMILES string of the molecule is COC1CCCN(c2ccc(-c3nc(CCCc4ccccc4)no3)cn2)C1. The van der Waals surface area contributed by atoms with Gasteiger partial charge in [-0.15, -0.1) is 0 Å². The summed E-state index contributed by atoms with van der Waals surface area (Å²) in [6, 6.07) is 14.5. The van der Waals surface area contributed by atoms with Crippen LogP contribution in [0.5, 0.6) is 0 Å². The van der Waals surface area contributed by atoms with Gasteiger partial charge in [-0.25, -0.2) is 4.98 Å². The average Bonchev–Trinajstić information content (AvgIpc) is 3.24. The van der Waals surface area contributed by atoms with E-state index in [0.717, 1.165) is 62.4 Å². The summed E-state index contributed by atoms with van der Waals surface area (Å²) < 4.78 is 10.9. The molecule has 146 valence electrons. The van der Waals surface area contributed by atoms with Crippen molar-refractivity contribution < 1.29 is 9.26 Å². The number of benzene rings is 1. The maximum atomic E-state index is 5.50. The van der Waals surface area contributed by atoms with Gasteiger partial charge < -0.3 is 14.2 Å². The zero-order valence-electron chi connectivity index (χ0n) is 16.3. The lowest BCUT2D eigenvalue weighted by atomic mass is 10.1. The highest BCUT2D eigenvalue weighted by Crippen LogP contribution is 2.23. The van der Waals surface area contributed by atoms with Gasteiger partial charge in [-0.1, -0.05) is 35.5 Å². The Bertz CT molecular complexity index is 864. The van der Waals surface area contributed by atoms with Crippen LogP contribution >= 0.6 is 0 Å². The van der Waals surface area contributed by atoms with Gasteiger partial charge in [-0.05, 0) is 43.4 Å². The van der Waals surface area contributed by atoms with Crippen molar-refractivity contribution in [2.75, 3.05) is 25.1 Å². The summed E-state index contributed by atoms with van der Waals surface area (Å²) >= 11 is 0. The Morgan fingerprint density at radius 3 is 2.82 bits per heavy atom. The Balaban J connectivity index is 1.34. The van der Waals surface area contributed by atoms with Crippen LogP contribution in [0.25, 0.3) is 11.5 Å². The van der Waals surface area contributed by atoms with Gasteiger partial charge in [-0.2, -0.15) is 4.98 Å². The summed E-state index contributed by atoms with van der Waals surface area (Å²) in [7, 11) is 1.78. The van der Waals surface area contributed by atoms with Crippen LogP contribution < -0.4 is 4.90 Å². The van der Waals surface area contributed by atoms with Crippen LogP contribution in [-0.2, 0) is 17.6 Å². The lowest BCUT2D eigenvalue weighted by molar-refractivity contribution is 0.0891. The van der Waals surface area contributed by atoms with Crippen molar-refractivity contribution >= 4 is 5.82 Å². The summed E-state index contributed by atoms with van der Waals surface area (Å²) in [6.07, 6.45) is 7.14. The Labute approximate surface area is 165 Å². The van der Waals surface area contributed by atoms with Crippen molar-refractivity contribution in [2.24, 2.45) is 0 Å². The molecule has 4 rings (SSSR count). The first-order valence-electron chi connectivity index (χ1n) is 9.92. The molecule has 1 aliphatic rings. The number of hydrogen-bond donors (Lipinski definition) is 0. The van der Waals surface area contributed by atoms with Gasteiger partial charge in [0.15, 0.2) is 5.82 Å². The highest BCUT2D eigenvalue weighted by atomic mass is 16.5. The maximum absolute atomic E-state index is 5.50. The Morgan fingerprint density at radius 2 is 2.04 bits per heavy atom. The first-order valence-corrected chi connectivity index (χ1v) is 9.92. The maximum Gasteiger partial charge on any atom is 0.259 e. The number of pyridine rings is 1. The molecule has 0 N–H and O–H groups in total. The number of ether oxygens (including phenoxy) is 1. The fourth-order valence-corrected chi connectivity index (χ4v) is 3.61. The van der Waals surface area contributed by atoms with Crippen molar-refractivity contribution in [1.29, 1.82) is 0 Å². The lowest BCUT2D eigenvalue weighted by Crippen LogP contribution is -2.39. The molecular formula is C22H26N4O2. The zero-order valence-corrected chi connectivity index (χ0v) is 16.3. The van der Waals surface area contributed by atoms with E-state index in [1.807, 2.05) is 24.4 Å². The lowest BCUT2D eigenvalue weighted by Gasteiger charge is -2.32. The number of aryl methyl sites for hydroxylation is 2. The van der Waals surface area contributed by atoms with E-state index in [4.69, 9.17) is 9.26 Å². The molecule has 6 heteroatoms. The number of rotatable bonds is 7. The fraction of sp³-hybridized carbons (Fsp3) is 0.409. The number of aromatic nitrogens is 3. The van der Waals surface area contributed by atoms with E-state index in [1.165, 1.54) is 5.56 Å². The minimum atomic E-state index is 0.282. The predicted octanol–water partition coefficient (Wildman–Crippen LogP) is 3.92. The summed E-state index contributed by atoms with van der Waals surface area (Å²) in [5, 5.41) is 4.12. The van der Waals surface area contributed by atoms with E-state index in [0.29, 0.717) is 5.89 Å². The number of piperidine rings is 1. The highest BCUT2D eigenvalue weighted by molar-refractivity contribution is 5.54. The van der Waals surface area contributed by atoms with Crippen LogP contribution in [0.4, 0.5) is 5.82 Å². The highest BCUT2D eigenvalue weighted by Gasteiger charge is 2.20. The van der Waals surface area contributed by atoms with Gasteiger partial charge in [0.05, 0.1) is 11.7 Å². The van der Waals surface area contributed by atoms with Crippen molar-refractivity contribution in [1.82, 2.24) is 15.1 Å². The molecule has 2 aromatic heterocycles. The van der Waals surface area contributed by atoms with Crippen LogP contribution in [-0.4, -0.2) is 41.4 Å². The fourth-order valence-electron chi connectivity index (χ4n) is 3.61. The largest absolute Gasteiger partial charge is 0.380 e. The third-order valence-corrected chi connectivity index (χ3v) is 5.21. The van der Waals surface area contributed by atoms with Crippen LogP contribution in [0.3, 0.4) is 0 Å². The van der Waals surface area contributed by atoms with Gasteiger partial charge in [-0.3, -0.25) is 0 Å². The molecule has 0 radical (unpaired) electrons. The average molecular weight is 378 g/mol. The molecule has 3 heterocycles. The van der Waals surface area contributed by atoms with E-state index in [9.17, 15) is 0 Å². The molecule has 1 aliphatic heterocycles. The minimum absolute atomic E-state index is 0.282. The quantitative estimate of drug-likeness (QED) is 0.621. The molecule has 3 aromatic rings. The summed E-state index contributed by atoms with van der Waals surface area (Å²) in [5.74, 6) is 2.24. The van der Waals surface area contributed by atoms with Crippen molar-refractivity contribution in [3.63, 3.8) is 0 Å². The normalized spacial score (nSPS) is 17.0. The van der Waals surface area contributed by atoms with E-state index < -0.39 is 0 Å². The first-order chi connectivity index (χ1) is 13.8. The molecule has 0 bridgehead atoms. The van der Waals surface area contributed by atoms with Crippen molar-refractivity contribution in [3.8, 4) is 11.5 Å². The Hall–Kier alpha value is -2.73. The molecular weight excluding hydrogens is 352 g/mol. The number of methoxy groups -OCH3 is 1. The molecule has 1 aromatic carbocycles. The number of anilines is 1. The second-order valence-electron chi connectivity index (χ2n) is 7.21. The van der Waals surface area contributed by atoms with Crippen LogP contribution in [0.15, 0.2) is 53.2 Å². The second-order valence-corrected chi connectivity index (χ2v) is 7.21. The molecule has 6 nitrogen and oxygen atoms in total. The predicted molar refractivity (Wildman–Crippen MR) is 108 cm³/mol. The third kappa shape index (κ3) is 4.57. The Morgan fingerprint density at radius 1 is 1.14 bits per heavy atom. The van der Waals surface area contributed by atoms with E-state index in [2.05, 4.69) is 44.3 Å². The first kappa shape index (κ1) is 18.6. The smallest absolute Gasteiger partial charge is 0.259 e. The zero-order chi connectivity index (χ0) is 19.2. The molecule has 0 saturated carbocycles. The molecule has 0 amide bonds. The van der Waals surface area contributed by atoms with Gasteiger partial charge in [0.2, 0.25) is 0 Å². The minimum Gasteiger partial charge on any atom is -0.380 e. The van der Waals surface area contributed by atoms with Gasteiger partial charge in [0.1, 0.15) is 5.82 Å². The standard InChI is InChI=1S/C22H26N4O2/c1-27-19-10-6-14-26(16-19)21-13-12-18(15-23-21)22-24-20(25-28-22)11-5-9-17-7-3-2-4-8-17/h2-4,7-8,12-13,15,19H,5-6,9-11,14,16H2,1H3. The topological polar surface area (TPSA) is 64.3 Å². The number of nitrogens with zero attached hydrogens (tertiary/aromatic N) is 4. The molecule has 1 fully saturated rings. The van der Waals surface area contributed by atoms with Crippen LogP contribution in [0, 0.1) is 0 Å². The summed E-state index contributed by atoms with van der Waals surface area (Å²) in [5.41, 5.74) is 2.19. The van der Waals surface area contributed by atoms with Gasteiger partial charge in [0, 0.05) is 32.8 Å². The molecule has 1 saturated heterocycles. The van der Waals surface area contributed by atoms with Gasteiger partial charge in [0.25, 0.3) is 5.89 Å². The van der Waals surface area contributed by atoms with E-state index in [1.54, 1.807) is 7.11 Å².